The van der Waals surface area contributed by atoms with Gasteiger partial charge in [0, 0.05) is 10.9 Å². The van der Waals surface area contributed by atoms with Crippen molar-refractivity contribution < 1.29 is 28.6 Å². The molecule has 1 amide bonds. The Morgan fingerprint density at radius 1 is 1.17 bits per heavy atom. The maximum atomic E-state index is 13.3. The molecule has 0 unspecified atom stereocenters. The summed E-state index contributed by atoms with van der Waals surface area (Å²) in [5, 5.41) is 14.1. The zero-order valence-electron chi connectivity index (χ0n) is 15.7. The molecule has 0 aliphatic heterocycles. The molecule has 1 aliphatic rings. The molecule has 0 radical (unpaired) electrons. The Bertz CT molecular complexity index is 950. The number of esters is 1. The van der Waals surface area contributed by atoms with Gasteiger partial charge in [-0.05, 0) is 37.5 Å². The molecule has 0 saturated heterocycles. The number of ether oxygens (including phenoxy) is 1. The predicted molar refractivity (Wildman–Crippen MR) is 107 cm³/mol. The van der Waals surface area contributed by atoms with E-state index in [-0.39, 0.29) is 23.6 Å². The minimum atomic E-state index is -1.03. The molecule has 152 valence electrons. The van der Waals surface area contributed by atoms with E-state index in [4.69, 9.17) is 4.74 Å². The van der Waals surface area contributed by atoms with Crippen LogP contribution in [0.2, 0.25) is 0 Å². The molecule has 29 heavy (non-hydrogen) atoms. The van der Waals surface area contributed by atoms with Gasteiger partial charge in [0.15, 0.2) is 0 Å². The first-order valence-corrected chi connectivity index (χ1v) is 10.0. The molecule has 1 aliphatic carbocycles. The van der Waals surface area contributed by atoms with Crippen LogP contribution in [0, 0.1) is 17.7 Å². The average Bonchev–Trinajstić information content (AvgIpc) is 3.12. The van der Waals surface area contributed by atoms with Gasteiger partial charge in [0.05, 0.1) is 18.4 Å². The lowest BCUT2D eigenvalue weighted by molar-refractivity contribution is -0.146. The fourth-order valence-corrected chi connectivity index (χ4v) is 4.24. The lowest BCUT2D eigenvalue weighted by Crippen LogP contribution is -2.34. The van der Waals surface area contributed by atoms with Crippen molar-refractivity contribution in [2.45, 2.75) is 19.8 Å². The van der Waals surface area contributed by atoms with Crippen LogP contribution < -0.4 is 5.32 Å². The summed E-state index contributed by atoms with van der Waals surface area (Å²) in [6, 6.07) is 5.65. The smallest absolute Gasteiger partial charge is 0.341 e. The molecule has 2 atom stereocenters. The standard InChI is InChI=1S/C21H20FNO5S/c1-2-28-21(27)17-16(12-7-9-13(22)10-8-12)11-29-19(17)23-18(24)14-5-3-4-6-15(14)20(25)26/h3-4,7-11,14-15H,2,5-6H2,1H3,(H,23,24)(H,25,26)/t14-,15+/m1/s1. The molecule has 0 spiro atoms. The topological polar surface area (TPSA) is 92.7 Å². The van der Waals surface area contributed by atoms with Crippen LogP contribution in [-0.2, 0) is 14.3 Å². The molecule has 0 saturated carbocycles. The third kappa shape index (κ3) is 4.54. The molecule has 2 N–H and O–H groups in total. The van der Waals surface area contributed by atoms with E-state index in [1.54, 1.807) is 24.5 Å². The summed E-state index contributed by atoms with van der Waals surface area (Å²) in [5.74, 6) is -4.05. The largest absolute Gasteiger partial charge is 0.481 e. The molecule has 1 heterocycles. The van der Waals surface area contributed by atoms with E-state index in [0.717, 1.165) is 11.3 Å². The summed E-state index contributed by atoms with van der Waals surface area (Å²) >= 11 is 1.14. The van der Waals surface area contributed by atoms with E-state index in [9.17, 15) is 23.9 Å². The molecule has 3 rings (SSSR count). The van der Waals surface area contributed by atoms with Crippen molar-refractivity contribution in [1.82, 2.24) is 0 Å². The highest BCUT2D eigenvalue weighted by atomic mass is 32.1. The van der Waals surface area contributed by atoms with Gasteiger partial charge in [-0.1, -0.05) is 24.3 Å². The van der Waals surface area contributed by atoms with Gasteiger partial charge < -0.3 is 15.2 Å². The number of thiophene rings is 1. The summed E-state index contributed by atoms with van der Waals surface area (Å²) in [5.41, 5.74) is 1.30. The lowest BCUT2D eigenvalue weighted by atomic mass is 9.82. The number of allylic oxidation sites excluding steroid dienone is 2. The minimum absolute atomic E-state index is 0.152. The summed E-state index contributed by atoms with van der Waals surface area (Å²) in [6.45, 7) is 1.82. The van der Waals surface area contributed by atoms with E-state index in [1.165, 1.54) is 24.3 Å². The van der Waals surface area contributed by atoms with Gasteiger partial charge in [0.1, 0.15) is 16.4 Å². The second-order valence-electron chi connectivity index (χ2n) is 6.56. The Kier molecular flexibility index (Phi) is 6.43. The van der Waals surface area contributed by atoms with Crippen LogP contribution in [0.4, 0.5) is 9.39 Å². The zero-order chi connectivity index (χ0) is 21.0. The van der Waals surface area contributed by atoms with E-state index in [0.29, 0.717) is 17.5 Å². The van der Waals surface area contributed by atoms with Crippen LogP contribution >= 0.6 is 11.3 Å². The summed E-state index contributed by atoms with van der Waals surface area (Å²) in [4.78, 5) is 36.9. The monoisotopic (exact) mass is 417 g/mol. The summed E-state index contributed by atoms with van der Waals surface area (Å²) in [6.07, 6.45) is 4.13. The third-order valence-corrected chi connectivity index (χ3v) is 5.64. The molecule has 0 bridgehead atoms. The SMILES string of the molecule is CCOC(=O)c1c(-c2ccc(F)cc2)csc1NC(=O)[C@@H]1CC=CC[C@@H]1C(=O)O. The highest BCUT2D eigenvalue weighted by Gasteiger charge is 2.35. The predicted octanol–water partition coefficient (Wildman–Crippen LogP) is 4.34. The number of benzene rings is 1. The first-order chi connectivity index (χ1) is 13.9. The number of anilines is 1. The number of nitrogens with one attached hydrogen (secondary N) is 1. The number of rotatable bonds is 6. The van der Waals surface area contributed by atoms with Gasteiger partial charge in [-0.2, -0.15) is 0 Å². The van der Waals surface area contributed by atoms with Gasteiger partial charge in [-0.3, -0.25) is 9.59 Å². The van der Waals surface area contributed by atoms with Crippen molar-refractivity contribution >= 4 is 34.2 Å². The van der Waals surface area contributed by atoms with Crippen LogP contribution in [0.3, 0.4) is 0 Å². The number of carboxylic acid groups (broad SMARTS) is 1. The Hall–Kier alpha value is -3.00. The molecule has 1 aromatic heterocycles. The molecule has 0 fully saturated rings. The van der Waals surface area contributed by atoms with Gasteiger partial charge >= 0.3 is 11.9 Å². The fourth-order valence-electron chi connectivity index (χ4n) is 3.28. The van der Waals surface area contributed by atoms with Crippen molar-refractivity contribution in [3.05, 3.63) is 53.2 Å². The highest BCUT2D eigenvalue weighted by Crippen LogP contribution is 2.37. The number of carboxylic acids is 1. The number of aliphatic carboxylic acids is 1. The Morgan fingerprint density at radius 2 is 1.83 bits per heavy atom. The third-order valence-electron chi connectivity index (χ3n) is 4.75. The molecule has 2 aromatic rings. The van der Waals surface area contributed by atoms with Crippen molar-refractivity contribution in [1.29, 1.82) is 0 Å². The Labute approximate surface area is 171 Å². The number of halogens is 1. The first kappa shape index (κ1) is 20.7. The average molecular weight is 417 g/mol. The lowest BCUT2D eigenvalue weighted by Gasteiger charge is -2.24. The Morgan fingerprint density at radius 3 is 2.45 bits per heavy atom. The fraction of sp³-hybridized carbons (Fsp3) is 0.286. The van der Waals surface area contributed by atoms with Crippen molar-refractivity contribution in [2.24, 2.45) is 11.8 Å². The normalized spacial score (nSPS) is 18.3. The number of amides is 1. The molecular formula is C21H20FNO5S. The van der Waals surface area contributed by atoms with Gasteiger partial charge in [0.25, 0.3) is 0 Å². The van der Waals surface area contributed by atoms with Crippen LogP contribution in [-0.4, -0.2) is 29.6 Å². The van der Waals surface area contributed by atoms with Crippen LogP contribution in [0.5, 0.6) is 0 Å². The van der Waals surface area contributed by atoms with Gasteiger partial charge in [-0.25, -0.2) is 9.18 Å². The summed E-state index contributed by atoms with van der Waals surface area (Å²) < 4.78 is 18.4. The first-order valence-electron chi connectivity index (χ1n) is 9.15. The number of carbonyl (C=O) groups excluding carboxylic acids is 2. The van der Waals surface area contributed by atoms with Crippen molar-refractivity contribution in [3.63, 3.8) is 0 Å². The van der Waals surface area contributed by atoms with Gasteiger partial charge in [0.2, 0.25) is 5.91 Å². The molecule has 8 heteroatoms. The summed E-state index contributed by atoms with van der Waals surface area (Å²) in [7, 11) is 0. The molecule has 1 aromatic carbocycles. The number of hydrogen-bond acceptors (Lipinski definition) is 5. The van der Waals surface area contributed by atoms with Crippen LogP contribution in [0.1, 0.15) is 30.1 Å². The van der Waals surface area contributed by atoms with Gasteiger partial charge in [-0.15, -0.1) is 11.3 Å². The van der Waals surface area contributed by atoms with Crippen LogP contribution in [0.25, 0.3) is 11.1 Å². The number of carbonyl (C=O) groups is 3. The maximum absolute atomic E-state index is 13.3. The van der Waals surface area contributed by atoms with E-state index < -0.39 is 35.5 Å². The Balaban J connectivity index is 1.93. The van der Waals surface area contributed by atoms with Crippen molar-refractivity contribution in [2.75, 3.05) is 11.9 Å². The highest BCUT2D eigenvalue weighted by molar-refractivity contribution is 7.15. The molecule has 6 nitrogen and oxygen atoms in total. The number of hydrogen-bond donors (Lipinski definition) is 2. The maximum Gasteiger partial charge on any atom is 0.341 e. The quantitative estimate of drug-likeness (QED) is 0.539. The second-order valence-corrected chi connectivity index (χ2v) is 7.44. The van der Waals surface area contributed by atoms with E-state index >= 15 is 0 Å². The van der Waals surface area contributed by atoms with E-state index in [2.05, 4.69) is 5.32 Å². The van der Waals surface area contributed by atoms with E-state index in [1.807, 2.05) is 0 Å². The second kappa shape index (κ2) is 9.00. The zero-order valence-corrected chi connectivity index (χ0v) is 16.5. The van der Waals surface area contributed by atoms with Crippen molar-refractivity contribution in [3.8, 4) is 11.1 Å². The minimum Gasteiger partial charge on any atom is -0.481 e. The molecular weight excluding hydrogens is 397 g/mol. The van der Waals surface area contributed by atoms with Crippen LogP contribution in [0.15, 0.2) is 41.8 Å².